The third-order valence-electron chi connectivity index (χ3n) is 7.68. The standard InChI is InChI=1S/C31H33ClFN7O2/c1-7-24-28(26(17(3)4)35-16-34-24)40-30-21(13-22(32)27(36-30)20-11-9-10-12-23(20)33)29(37-31(40)42)39-15-18(5)38(14-19(39)6)25(41)8-2/h8-13,16-19H,2,7,14-15H2,1,3-6H3/t18-,19+/m1/s1. The zero-order chi connectivity index (χ0) is 30.3. The summed E-state index contributed by atoms with van der Waals surface area (Å²) in [7, 11) is 0. The molecule has 0 aliphatic carbocycles. The van der Waals surface area contributed by atoms with Crippen LogP contribution in [-0.4, -0.2) is 60.5 Å². The molecule has 1 aliphatic rings. The number of carbonyl (C=O) groups excluding carboxylic acids is 1. The highest BCUT2D eigenvalue weighted by molar-refractivity contribution is 6.33. The average molecular weight is 590 g/mol. The molecule has 0 radical (unpaired) electrons. The van der Waals surface area contributed by atoms with Crippen LogP contribution in [0.2, 0.25) is 5.02 Å². The van der Waals surface area contributed by atoms with Crippen LogP contribution in [0.5, 0.6) is 0 Å². The van der Waals surface area contributed by atoms with Crippen LogP contribution < -0.4 is 10.6 Å². The Bertz CT molecular complexity index is 1760. The fraction of sp³-hybridized carbons (Fsp3) is 0.355. The van der Waals surface area contributed by atoms with Gasteiger partial charge in [-0.25, -0.2) is 28.7 Å². The van der Waals surface area contributed by atoms with Crippen LogP contribution in [0.1, 0.15) is 51.9 Å². The first kappa shape index (κ1) is 29.3. The molecule has 1 saturated heterocycles. The SMILES string of the molecule is C=CC(=O)N1C[C@H](C)N(c2nc(=O)n(-c3c(CC)ncnc3C(C)C)c3nc(-c4ccccc4F)c(Cl)cc23)C[C@H]1C. The third kappa shape index (κ3) is 5.04. The van der Waals surface area contributed by atoms with Crippen molar-refractivity contribution >= 4 is 34.4 Å². The second-order valence-corrected chi connectivity index (χ2v) is 11.2. The van der Waals surface area contributed by atoms with Gasteiger partial charge in [-0.3, -0.25) is 4.79 Å². The fourth-order valence-electron chi connectivity index (χ4n) is 5.57. The number of anilines is 1. The summed E-state index contributed by atoms with van der Waals surface area (Å²) in [6, 6.07) is 7.57. The smallest absolute Gasteiger partial charge is 0.349 e. The molecule has 5 rings (SSSR count). The molecule has 42 heavy (non-hydrogen) atoms. The van der Waals surface area contributed by atoms with Gasteiger partial charge in [-0.05, 0) is 50.5 Å². The second kappa shape index (κ2) is 11.6. The highest BCUT2D eigenvalue weighted by Gasteiger charge is 2.34. The molecule has 0 spiro atoms. The predicted octanol–water partition coefficient (Wildman–Crippen LogP) is 5.33. The van der Waals surface area contributed by atoms with Crippen LogP contribution in [0.3, 0.4) is 0 Å². The van der Waals surface area contributed by atoms with Gasteiger partial charge < -0.3 is 9.80 Å². The van der Waals surface area contributed by atoms with Crippen molar-refractivity contribution < 1.29 is 9.18 Å². The van der Waals surface area contributed by atoms with Crippen molar-refractivity contribution in [3.63, 3.8) is 0 Å². The third-order valence-corrected chi connectivity index (χ3v) is 7.97. The maximum absolute atomic E-state index is 15.0. The van der Waals surface area contributed by atoms with Gasteiger partial charge in [-0.1, -0.05) is 51.1 Å². The fourth-order valence-corrected chi connectivity index (χ4v) is 5.82. The molecule has 218 valence electrons. The molecular weight excluding hydrogens is 557 g/mol. The summed E-state index contributed by atoms with van der Waals surface area (Å²) in [5, 5.41) is 0.731. The van der Waals surface area contributed by atoms with Crippen molar-refractivity contribution in [1.29, 1.82) is 0 Å². The van der Waals surface area contributed by atoms with E-state index in [-0.39, 0.29) is 45.8 Å². The molecule has 2 atom stereocenters. The molecule has 1 aliphatic heterocycles. The van der Waals surface area contributed by atoms with E-state index in [9.17, 15) is 14.0 Å². The lowest BCUT2D eigenvalue weighted by molar-refractivity contribution is -0.128. The number of rotatable bonds is 6. The number of nitrogens with zero attached hydrogens (tertiary/aromatic N) is 7. The van der Waals surface area contributed by atoms with Crippen LogP contribution in [0.4, 0.5) is 10.2 Å². The van der Waals surface area contributed by atoms with E-state index in [0.29, 0.717) is 47.8 Å². The summed E-state index contributed by atoms with van der Waals surface area (Å²) in [5.41, 5.74) is 1.96. The lowest BCUT2D eigenvalue weighted by atomic mass is 10.0. The van der Waals surface area contributed by atoms with Gasteiger partial charge in [0.1, 0.15) is 18.0 Å². The van der Waals surface area contributed by atoms with Gasteiger partial charge >= 0.3 is 5.69 Å². The zero-order valence-corrected chi connectivity index (χ0v) is 25.1. The first-order valence-corrected chi connectivity index (χ1v) is 14.4. The molecule has 1 aromatic carbocycles. The van der Waals surface area contributed by atoms with E-state index in [1.807, 2.05) is 39.5 Å². The summed E-state index contributed by atoms with van der Waals surface area (Å²) < 4.78 is 16.4. The van der Waals surface area contributed by atoms with Crippen molar-refractivity contribution in [2.75, 3.05) is 18.0 Å². The molecule has 0 saturated carbocycles. The number of aryl methyl sites for hydroxylation is 1. The quantitative estimate of drug-likeness (QED) is 0.281. The Labute approximate surface area is 248 Å². The summed E-state index contributed by atoms with van der Waals surface area (Å²) >= 11 is 6.80. The summed E-state index contributed by atoms with van der Waals surface area (Å²) in [6.45, 7) is 14.3. The van der Waals surface area contributed by atoms with E-state index in [0.717, 1.165) is 0 Å². The van der Waals surface area contributed by atoms with Crippen LogP contribution in [0, 0.1) is 5.82 Å². The van der Waals surface area contributed by atoms with Crippen molar-refractivity contribution in [2.24, 2.45) is 0 Å². The van der Waals surface area contributed by atoms with Crippen LogP contribution in [0.15, 0.2) is 54.1 Å². The van der Waals surface area contributed by atoms with Gasteiger partial charge in [-0.15, -0.1) is 0 Å². The van der Waals surface area contributed by atoms with Gasteiger partial charge in [0.15, 0.2) is 5.65 Å². The Morgan fingerprint density at radius 2 is 1.90 bits per heavy atom. The number of aromatic nitrogens is 5. The number of carbonyl (C=O) groups is 1. The second-order valence-electron chi connectivity index (χ2n) is 10.8. The molecule has 11 heteroatoms. The minimum Gasteiger partial charge on any atom is -0.349 e. The first-order valence-electron chi connectivity index (χ1n) is 14.0. The normalized spacial score (nSPS) is 17.2. The zero-order valence-electron chi connectivity index (χ0n) is 24.3. The number of hydrogen-bond acceptors (Lipinski definition) is 7. The van der Waals surface area contributed by atoms with Gasteiger partial charge in [0.25, 0.3) is 0 Å². The molecule has 1 fully saturated rings. The van der Waals surface area contributed by atoms with E-state index < -0.39 is 11.5 Å². The van der Waals surface area contributed by atoms with Crippen molar-refractivity contribution in [3.05, 3.63) is 82.0 Å². The van der Waals surface area contributed by atoms with E-state index >= 15 is 0 Å². The number of amides is 1. The largest absolute Gasteiger partial charge is 0.355 e. The molecule has 9 nitrogen and oxygen atoms in total. The lowest BCUT2D eigenvalue weighted by Crippen LogP contribution is -2.58. The van der Waals surface area contributed by atoms with Crippen molar-refractivity contribution in [3.8, 4) is 16.9 Å². The number of pyridine rings is 1. The number of fused-ring (bicyclic) bond motifs is 1. The molecule has 1 amide bonds. The van der Waals surface area contributed by atoms with Crippen molar-refractivity contribution in [1.82, 2.24) is 29.4 Å². The maximum atomic E-state index is 15.0. The number of benzene rings is 1. The maximum Gasteiger partial charge on any atom is 0.355 e. The Hall–Kier alpha value is -4.18. The van der Waals surface area contributed by atoms with Crippen LogP contribution in [-0.2, 0) is 11.2 Å². The Kier molecular flexibility index (Phi) is 8.10. The molecule has 4 aromatic rings. The Balaban J connectivity index is 1.84. The minimum absolute atomic E-state index is 0.0374. The van der Waals surface area contributed by atoms with E-state index in [1.54, 1.807) is 29.2 Å². The molecule has 3 aromatic heterocycles. The molecule has 4 heterocycles. The monoisotopic (exact) mass is 589 g/mol. The van der Waals surface area contributed by atoms with E-state index in [2.05, 4.69) is 21.5 Å². The van der Waals surface area contributed by atoms with E-state index in [4.69, 9.17) is 16.6 Å². The van der Waals surface area contributed by atoms with Gasteiger partial charge in [0.2, 0.25) is 5.91 Å². The minimum atomic E-state index is -0.567. The summed E-state index contributed by atoms with van der Waals surface area (Å²) in [5.74, 6) is -0.282. The lowest BCUT2D eigenvalue weighted by Gasteiger charge is -2.44. The average Bonchev–Trinajstić information content (AvgIpc) is 2.97. The number of hydrogen-bond donors (Lipinski definition) is 0. The summed E-state index contributed by atoms with van der Waals surface area (Å²) in [6.07, 6.45) is 3.34. The molecule has 0 bridgehead atoms. The van der Waals surface area contributed by atoms with Gasteiger partial charge in [-0.2, -0.15) is 4.98 Å². The predicted molar refractivity (Wildman–Crippen MR) is 163 cm³/mol. The van der Waals surface area contributed by atoms with Gasteiger partial charge in [0.05, 0.1) is 33.2 Å². The van der Waals surface area contributed by atoms with Crippen molar-refractivity contribution in [2.45, 2.75) is 59.0 Å². The molecule has 0 unspecified atom stereocenters. The summed E-state index contributed by atoms with van der Waals surface area (Å²) in [4.78, 5) is 48.8. The topological polar surface area (TPSA) is 97.1 Å². The highest BCUT2D eigenvalue weighted by atomic mass is 35.5. The molecule has 0 N–H and O–H groups in total. The highest BCUT2D eigenvalue weighted by Crippen LogP contribution is 2.36. The van der Waals surface area contributed by atoms with Crippen LogP contribution in [0.25, 0.3) is 28.0 Å². The van der Waals surface area contributed by atoms with Crippen LogP contribution >= 0.6 is 11.6 Å². The Morgan fingerprint density at radius 1 is 1.17 bits per heavy atom. The van der Waals surface area contributed by atoms with Gasteiger partial charge in [0, 0.05) is 30.7 Å². The number of halogens is 2. The Morgan fingerprint density at radius 3 is 2.57 bits per heavy atom. The first-order chi connectivity index (χ1) is 20.1. The molecular formula is C31H33ClFN7O2. The van der Waals surface area contributed by atoms with E-state index in [1.165, 1.54) is 23.0 Å². The number of piperazine rings is 1.